The van der Waals surface area contributed by atoms with Crippen molar-refractivity contribution in [3.63, 3.8) is 0 Å². The lowest BCUT2D eigenvalue weighted by Gasteiger charge is -1.99. The van der Waals surface area contributed by atoms with Crippen LogP contribution in [0, 0.1) is 0 Å². The van der Waals surface area contributed by atoms with E-state index in [1.165, 1.54) is 9.75 Å². The lowest BCUT2D eigenvalue weighted by atomic mass is 10.4. The summed E-state index contributed by atoms with van der Waals surface area (Å²) in [5.74, 6) is 0. The second kappa shape index (κ2) is 5.98. The van der Waals surface area contributed by atoms with Gasteiger partial charge in [-0.1, -0.05) is 11.6 Å². The van der Waals surface area contributed by atoms with Crippen molar-refractivity contribution in [3.05, 3.63) is 40.5 Å². The van der Waals surface area contributed by atoms with E-state index >= 15 is 0 Å². The van der Waals surface area contributed by atoms with Gasteiger partial charge in [-0.15, -0.1) is 22.7 Å². The van der Waals surface area contributed by atoms with Gasteiger partial charge in [0.25, 0.3) is 0 Å². The molecular weight excluding hydrogens is 394 g/mol. The second-order valence-electron chi connectivity index (χ2n) is 3.14. The maximum Gasteiger partial charge on any atom is 0.0931 e. The standard InChI is InChI=1S/C10H8Br2ClNS2/c11-8-3-7(16-10(8)12)5-14-4-6-1-2-9(13)15-6/h1-3,14H,4-5H2. The summed E-state index contributed by atoms with van der Waals surface area (Å²) in [4.78, 5) is 2.57. The number of hydrogen-bond acceptors (Lipinski definition) is 3. The molecule has 6 heteroatoms. The predicted octanol–water partition coefficient (Wildman–Crippen LogP) is 5.28. The molecule has 0 amide bonds. The maximum atomic E-state index is 5.86. The number of rotatable bonds is 4. The Morgan fingerprint density at radius 3 is 2.44 bits per heavy atom. The first-order valence-corrected chi connectivity index (χ1v) is 8.13. The monoisotopic (exact) mass is 399 g/mol. The number of nitrogens with one attached hydrogen (secondary N) is 1. The highest BCUT2D eigenvalue weighted by atomic mass is 79.9. The van der Waals surface area contributed by atoms with Gasteiger partial charge in [0.1, 0.15) is 0 Å². The van der Waals surface area contributed by atoms with Crippen LogP contribution >= 0.6 is 66.1 Å². The van der Waals surface area contributed by atoms with E-state index in [1.54, 1.807) is 22.7 Å². The molecule has 0 radical (unpaired) electrons. The third-order valence-electron chi connectivity index (χ3n) is 1.92. The molecule has 2 rings (SSSR count). The van der Waals surface area contributed by atoms with Crippen molar-refractivity contribution in [3.8, 4) is 0 Å². The first kappa shape index (κ1) is 13.1. The minimum absolute atomic E-state index is 0.846. The summed E-state index contributed by atoms with van der Waals surface area (Å²) in [6.07, 6.45) is 0. The van der Waals surface area contributed by atoms with Crippen LogP contribution in [0.5, 0.6) is 0 Å². The van der Waals surface area contributed by atoms with Crippen LogP contribution in [0.3, 0.4) is 0 Å². The van der Waals surface area contributed by atoms with E-state index in [2.05, 4.69) is 49.3 Å². The first-order valence-electron chi connectivity index (χ1n) is 4.54. The molecule has 0 aliphatic heterocycles. The summed E-state index contributed by atoms with van der Waals surface area (Å²) in [6, 6.07) is 6.12. The Kier molecular flexibility index (Phi) is 4.88. The van der Waals surface area contributed by atoms with Crippen LogP contribution in [0.15, 0.2) is 26.5 Å². The van der Waals surface area contributed by atoms with Crippen LogP contribution in [0.25, 0.3) is 0 Å². The molecule has 2 aromatic heterocycles. The Balaban J connectivity index is 1.84. The van der Waals surface area contributed by atoms with E-state index in [-0.39, 0.29) is 0 Å². The van der Waals surface area contributed by atoms with Crippen LogP contribution in [0.2, 0.25) is 4.34 Å². The Hall–Kier alpha value is 0.610. The molecule has 0 aliphatic rings. The number of halogens is 3. The minimum Gasteiger partial charge on any atom is -0.307 e. The van der Waals surface area contributed by atoms with Crippen LogP contribution in [-0.4, -0.2) is 0 Å². The Morgan fingerprint density at radius 2 is 1.88 bits per heavy atom. The van der Waals surface area contributed by atoms with Gasteiger partial charge in [0.2, 0.25) is 0 Å². The molecule has 0 aromatic carbocycles. The second-order valence-corrected chi connectivity index (χ2v) is 8.25. The highest BCUT2D eigenvalue weighted by molar-refractivity contribution is 9.13. The smallest absolute Gasteiger partial charge is 0.0931 e. The Bertz CT molecular complexity index is 461. The van der Waals surface area contributed by atoms with Gasteiger partial charge in [0.05, 0.1) is 8.12 Å². The van der Waals surface area contributed by atoms with Gasteiger partial charge >= 0.3 is 0 Å². The average Bonchev–Trinajstić information content (AvgIpc) is 2.75. The molecule has 0 aliphatic carbocycles. The average molecular weight is 402 g/mol. The van der Waals surface area contributed by atoms with Crippen molar-refractivity contribution in [2.45, 2.75) is 13.1 Å². The topological polar surface area (TPSA) is 12.0 Å². The molecule has 0 bridgehead atoms. The van der Waals surface area contributed by atoms with Gasteiger partial charge < -0.3 is 5.32 Å². The fraction of sp³-hybridized carbons (Fsp3) is 0.200. The summed E-state index contributed by atoms with van der Waals surface area (Å²) < 4.78 is 3.11. The summed E-state index contributed by atoms with van der Waals surface area (Å²) in [7, 11) is 0. The number of hydrogen-bond donors (Lipinski definition) is 1. The molecule has 0 saturated carbocycles. The van der Waals surface area contributed by atoms with E-state index in [4.69, 9.17) is 11.6 Å². The van der Waals surface area contributed by atoms with Crippen LogP contribution in [0.1, 0.15) is 9.75 Å². The molecule has 0 fully saturated rings. The fourth-order valence-electron chi connectivity index (χ4n) is 1.23. The van der Waals surface area contributed by atoms with Crippen molar-refractivity contribution >= 4 is 66.1 Å². The van der Waals surface area contributed by atoms with Gasteiger partial charge in [-0.2, -0.15) is 0 Å². The third-order valence-corrected chi connectivity index (χ3v) is 6.41. The summed E-state index contributed by atoms with van der Waals surface area (Å²) in [6.45, 7) is 1.74. The zero-order valence-corrected chi connectivity index (χ0v) is 13.7. The molecule has 86 valence electrons. The molecule has 16 heavy (non-hydrogen) atoms. The van der Waals surface area contributed by atoms with Crippen LogP contribution < -0.4 is 5.32 Å². The molecule has 0 unspecified atom stereocenters. The summed E-state index contributed by atoms with van der Waals surface area (Å²) in [5, 5.41) is 3.39. The largest absolute Gasteiger partial charge is 0.307 e. The van der Waals surface area contributed by atoms with Crippen molar-refractivity contribution in [1.29, 1.82) is 0 Å². The summed E-state index contributed by atoms with van der Waals surface area (Å²) in [5.41, 5.74) is 0. The molecule has 2 heterocycles. The SMILES string of the molecule is Clc1ccc(CNCc2cc(Br)c(Br)s2)s1. The zero-order valence-electron chi connectivity index (χ0n) is 8.10. The van der Waals surface area contributed by atoms with Gasteiger partial charge in [-0.3, -0.25) is 0 Å². The Morgan fingerprint density at radius 1 is 1.12 bits per heavy atom. The van der Waals surface area contributed by atoms with Gasteiger partial charge in [0.15, 0.2) is 0 Å². The van der Waals surface area contributed by atoms with Crippen molar-refractivity contribution in [1.82, 2.24) is 5.32 Å². The van der Waals surface area contributed by atoms with E-state index in [0.717, 1.165) is 25.7 Å². The molecule has 0 saturated heterocycles. The van der Waals surface area contributed by atoms with E-state index in [9.17, 15) is 0 Å². The molecule has 0 spiro atoms. The summed E-state index contributed by atoms with van der Waals surface area (Å²) >= 11 is 16.2. The zero-order chi connectivity index (χ0) is 11.5. The van der Waals surface area contributed by atoms with Crippen LogP contribution in [0.4, 0.5) is 0 Å². The van der Waals surface area contributed by atoms with Gasteiger partial charge in [0, 0.05) is 27.3 Å². The molecule has 0 atom stereocenters. The van der Waals surface area contributed by atoms with Crippen molar-refractivity contribution in [2.75, 3.05) is 0 Å². The van der Waals surface area contributed by atoms with E-state index in [1.807, 2.05) is 6.07 Å². The van der Waals surface area contributed by atoms with Crippen LogP contribution in [-0.2, 0) is 13.1 Å². The quantitative estimate of drug-likeness (QED) is 0.735. The van der Waals surface area contributed by atoms with Gasteiger partial charge in [-0.05, 0) is 50.1 Å². The Labute approximate surface area is 124 Å². The lowest BCUT2D eigenvalue weighted by Crippen LogP contribution is -2.10. The highest BCUT2D eigenvalue weighted by Gasteiger charge is 2.04. The maximum absolute atomic E-state index is 5.86. The molecule has 1 N–H and O–H groups in total. The third kappa shape index (κ3) is 3.55. The normalized spacial score (nSPS) is 10.9. The van der Waals surface area contributed by atoms with Crippen molar-refractivity contribution < 1.29 is 0 Å². The highest BCUT2D eigenvalue weighted by Crippen LogP contribution is 2.32. The fourth-order valence-corrected chi connectivity index (χ4v) is 4.44. The van der Waals surface area contributed by atoms with E-state index < -0.39 is 0 Å². The number of thiophene rings is 2. The van der Waals surface area contributed by atoms with Crippen molar-refractivity contribution in [2.24, 2.45) is 0 Å². The minimum atomic E-state index is 0.846. The molecular formula is C10H8Br2ClNS2. The van der Waals surface area contributed by atoms with E-state index in [0.29, 0.717) is 0 Å². The first-order chi connectivity index (χ1) is 7.65. The molecule has 1 nitrogen and oxygen atoms in total. The predicted molar refractivity (Wildman–Crippen MR) is 79.6 cm³/mol. The lowest BCUT2D eigenvalue weighted by molar-refractivity contribution is 0.709. The van der Waals surface area contributed by atoms with Gasteiger partial charge in [-0.25, -0.2) is 0 Å². The molecule has 2 aromatic rings.